The molecule has 0 amide bonds. The lowest BCUT2D eigenvalue weighted by molar-refractivity contribution is 0.295. The molecule has 0 saturated carbocycles. The van der Waals surface area contributed by atoms with Gasteiger partial charge in [0.25, 0.3) is 0 Å². The van der Waals surface area contributed by atoms with Gasteiger partial charge in [0.1, 0.15) is 0 Å². The Morgan fingerprint density at radius 2 is 1.58 bits per heavy atom. The maximum atomic E-state index is 5.73. The van der Waals surface area contributed by atoms with E-state index in [4.69, 9.17) is 5.73 Å². The lowest BCUT2D eigenvalue weighted by Crippen LogP contribution is -2.22. The summed E-state index contributed by atoms with van der Waals surface area (Å²) in [5.74, 6) is 1.64. The van der Waals surface area contributed by atoms with Crippen LogP contribution in [0.5, 0.6) is 0 Å². The zero-order chi connectivity index (χ0) is 9.40. The van der Waals surface area contributed by atoms with Crippen molar-refractivity contribution in [3.8, 4) is 0 Å². The van der Waals surface area contributed by atoms with Gasteiger partial charge >= 0.3 is 0 Å². The molecule has 0 aliphatic heterocycles. The topological polar surface area (TPSA) is 26.0 Å². The van der Waals surface area contributed by atoms with Crippen molar-refractivity contribution < 1.29 is 0 Å². The third-order valence-electron chi connectivity index (χ3n) is 2.95. The van der Waals surface area contributed by atoms with E-state index in [0.717, 1.165) is 18.4 Å². The number of hydrogen-bond acceptors (Lipinski definition) is 1. The summed E-state index contributed by atoms with van der Waals surface area (Å²) < 4.78 is 0. The molecule has 0 radical (unpaired) electrons. The minimum atomic E-state index is 0.765. The highest BCUT2D eigenvalue weighted by molar-refractivity contribution is 4.68. The van der Waals surface area contributed by atoms with Gasteiger partial charge in [-0.2, -0.15) is 0 Å². The predicted molar refractivity (Wildman–Crippen MR) is 56.1 cm³/mol. The van der Waals surface area contributed by atoms with E-state index >= 15 is 0 Å². The van der Waals surface area contributed by atoms with Crippen molar-refractivity contribution >= 4 is 0 Å². The zero-order valence-corrected chi connectivity index (χ0v) is 8.97. The Balaban J connectivity index is 3.75. The summed E-state index contributed by atoms with van der Waals surface area (Å²) in [6.07, 6.45) is 6.61. The van der Waals surface area contributed by atoms with Crippen LogP contribution >= 0.6 is 0 Å². The molecule has 0 aliphatic rings. The van der Waals surface area contributed by atoms with E-state index in [-0.39, 0.29) is 0 Å². The maximum Gasteiger partial charge on any atom is -0.00463 e. The number of hydrogen-bond donors (Lipinski definition) is 1. The second-order valence-corrected chi connectivity index (χ2v) is 3.71. The summed E-state index contributed by atoms with van der Waals surface area (Å²) in [6.45, 7) is 7.68. The summed E-state index contributed by atoms with van der Waals surface area (Å²) in [4.78, 5) is 0. The van der Waals surface area contributed by atoms with Gasteiger partial charge < -0.3 is 5.73 Å². The fraction of sp³-hybridized carbons (Fsp3) is 1.00. The quantitative estimate of drug-likeness (QED) is 0.625. The second-order valence-electron chi connectivity index (χ2n) is 3.71. The van der Waals surface area contributed by atoms with Crippen LogP contribution in [0.15, 0.2) is 0 Å². The molecule has 0 rings (SSSR count). The highest BCUT2D eigenvalue weighted by Gasteiger charge is 2.15. The van der Waals surface area contributed by atoms with Gasteiger partial charge in [-0.1, -0.05) is 52.9 Å². The van der Waals surface area contributed by atoms with Crippen LogP contribution in [0.25, 0.3) is 0 Å². The average Bonchev–Trinajstić information content (AvgIpc) is 2.12. The normalized spacial score (nSPS) is 16.0. The summed E-state index contributed by atoms with van der Waals surface area (Å²) in [6, 6.07) is 0. The molecule has 1 heteroatoms. The molecule has 0 aromatic rings. The van der Waals surface area contributed by atoms with Crippen LogP contribution in [0.3, 0.4) is 0 Å². The van der Waals surface area contributed by atoms with Crippen LogP contribution in [-0.4, -0.2) is 6.54 Å². The zero-order valence-electron chi connectivity index (χ0n) is 8.97. The molecule has 0 aromatic heterocycles. The molecule has 0 aromatic carbocycles. The van der Waals surface area contributed by atoms with Gasteiger partial charge in [-0.3, -0.25) is 0 Å². The van der Waals surface area contributed by atoms with Crippen molar-refractivity contribution in [2.75, 3.05) is 6.54 Å². The Morgan fingerprint density at radius 1 is 1.00 bits per heavy atom. The SMILES string of the molecule is CCCCC(CC)C(CC)CN. The number of nitrogens with two attached hydrogens (primary N) is 1. The predicted octanol–water partition coefficient (Wildman–Crippen LogP) is 3.19. The van der Waals surface area contributed by atoms with Crippen LogP contribution in [-0.2, 0) is 0 Å². The van der Waals surface area contributed by atoms with Gasteiger partial charge in [-0.25, -0.2) is 0 Å². The van der Waals surface area contributed by atoms with E-state index in [0.29, 0.717) is 0 Å². The molecule has 74 valence electrons. The summed E-state index contributed by atoms with van der Waals surface area (Å²) in [7, 11) is 0. The molecule has 0 spiro atoms. The first-order valence-electron chi connectivity index (χ1n) is 5.50. The lowest BCUT2D eigenvalue weighted by atomic mass is 9.84. The van der Waals surface area contributed by atoms with Crippen LogP contribution in [0.4, 0.5) is 0 Å². The van der Waals surface area contributed by atoms with E-state index < -0.39 is 0 Å². The Kier molecular flexibility index (Phi) is 7.58. The molecule has 1 nitrogen and oxygen atoms in total. The van der Waals surface area contributed by atoms with E-state index in [2.05, 4.69) is 20.8 Å². The van der Waals surface area contributed by atoms with Gasteiger partial charge in [0.2, 0.25) is 0 Å². The van der Waals surface area contributed by atoms with Crippen LogP contribution in [0.1, 0.15) is 52.9 Å². The van der Waals surface area contributed by atoms with E-state index in [1.165, 1.54) is 32.1 Å². The third-order valence-corrected chi connectivity index (χ3v) is 2.95. The Hall–Kier alpha value is -0.0400. The first-order chi connectivity index (χ1) is 5.79. The average molecular weight is 171 g/mol. The Morgan fingerprint density at radius 3 is 1.92 bits per heavy atom. The van der Waals surface area contributed by atoms with Crippen LogP contribution in [0, 0.1) is 11.8 Å². The maximum absolute atomic E-state index is 5.73. The van der Waals surface area contributed by atoms with Crippen molar-refractivity contribution in [1.82, 2.24) is 0 Å². The monoisotopic (exact) mass is 171 g/mol. The molecule has 0 saturated heterocycles. The summed E-state index contributed by atoms with van der Waals surface area (Å²) >= 11 is 0. The third kappa shape index (κ3) is 4.10. The minimum absolute atomic E-state index is 0.765. The van der Waals surface area contributed by atoms with Gasteiger partial charge in [-0.05, 0) is 18.4 Å². The molecule has 2 atom stereocenters. The molecule has 0 aliphatic carbocycles. The Bertz CT molecular complexity index is 87.0. The van der Waals surface area contributed by atoms with Crippen LogP contribution < -0.4 is 5.73 Å². The van der Waals surface area contributed by atoms with E-state index in [9.17, 15) is 0 Å². The minimum Gasteiger partial charge on any atom is -0.330 e. The van der Waals surface area contributed by atoms with Crippen molar-refractivity contribution in [2.24, 2.45) is 17.6 Å². The van der Waals surface area contributed by atoms with Gasteiger partial charge in [0.05, 0.1) is 0 Å². The van der Waals surface area contributed by atoms with E-state index in [1.54, 1.807) is 0 Å². The molecule has 0 bridgehead atoms. The van der Waals surface area contributed by atoms with Crippen molar-refractivity contribution in [3.05, 3.63) is 0 Å². The summed E-state index contributed by atoms with van der Waals surface area (Å²) in [5, 5.41) is 0. The second kappa shape index (κ2) is 7.60. The number of rotatable bonds is 7. The smallest absolute Gasteiger partial charge is 0.00463 e. The van der Waals surface area contributed by atoms with Gasteiger partial charge in [0, 0.05) is 0 Å². The fourth-order valence-corrected chi connectivity index (χ4v) is 1.93. The Labute approximate surface area is 77.7 Å². The van der Waals surface area contributed by atoms with Gasteiger partial charge in [0.15, 0.2) is 0 Å². The largest absolute Gasteiger partial charge is 0.330 e. The summed E-state index contributed by atoms with van der Waals surface area (Å²) in [5.41, 5.74) is 5.73. The standard InChI is InChI=1S/C11H25N/c1-4-7-8-10(5-2)11(6-3)9-12/h10-11H,4-9,12H2,1-3H3. The number of unbranched alkanes of at least 4 members (excludes halogenated alkanes) is 1. The van der Waals surface area contributed by atoms with Gasteiger partial charge in [-0.15, -0.1) is 0 Å². The lowest BCUT2D eigenvalue weighted by Gasteiger charge is -2.23. The molecular formula is C11H25N. The molecule has 2 N–H and O–H groups in total. The molecule has 0 fully saturated rings. The first kappa shape index (κ1) is 12.0. The van der Waals surface area contributed by atoms with Crippen molar-refractivity contribution in [1.29, 1.82) is 0 Å². The van der Waals surface area contributed by atoms with Crippen molar-refractivity contribution in [3.63, 3.8) is 0 Å². The van der Waals surface area contributed by atoms with E-state index in [1.807, 2.05) is 0 Å². The van der Waals surface area contributed by atoms with Crippen molar-refractivity contribution in [2.45, 2.75) is 52.9 Å². The first-order valence-corrected chi connectivity index (χ1v) is 5.50. The molecule has 0 heterocycles. The molecule has 2 unspecified atom stereocenters. The highest BCUT2D eigenvalue weighted by Crippen LogP contribution is 2.23. The molecular weight excluding hydrogens is 146 g/mol. The highest BCUT2D eigenvalue weighted by atomic mass is 14.6. The van der Waals surface area contributed by atoms with Crippen LogP contribution in [0.2, 0.25) is 0 Å². The fourth-order valence-electron chi connectivity index (χ4n) is 1.93. The molecule has 12 heavy (non-hydrogen) atoms.